The van der Waals surface area contributed by atoms with E-state index in [1.165, 1.54) is 23.1 Å². The smallest absolute Gasteiger partial charge is 0.324 e. The second kappa shape index (κ2) is 6.71. The van der Waals surface area contributed by atoms with Gasteiger partial charge in [0, 0.05) is 5.69 Å². The lowest BCUT2D eigenvalue weighted by atomic mass is 10.1. The van der Waals surface area contributed by atoms with Gasteiger partial charge in [0.2, 0.25) is 0 Å². The van der Waals surface area contributed by atoms with E-state index in [9.17, 15) is 18.0 Å². The summed E-state index contributed by atoms with van der Waals surface area (Å²) >= 11 is 0. The molecule has 0 aliphatic carbocycles. The SMILES string of the molecule is O=C(Nc1ccc(C(F)(F)F)cc1)[C@@H](c1ccccc1)n1cnnn1. The van der Waals surface area contributed by atoms with Crippen LogP contribution < -0.4 is 5.32 Å². The van der Waals surface area contributed by atoms with E-state index in [1.54, 1.807) is 30.3 Å². The molecule has 1 heterocycles. The number of nitrogens with one attached hydrogen (secondary N) is 1. The minimum atomic E-state index is -4.43. The molecule has 2 aromatic carbocycles. The molecule has 0 radical (unpaired) electrons. The van der Waals surface area contributed by atoms with E-state index in [4.69, 9.17) is 0 Å². The van der Waals surface area contributed by atoms with Crippen LogP contribution in [0, 0.1) is 0 Å². The van der Waals surface area contributed by atoms with Crippen molar-refractivity contribution < 1.29 is 18.0 Å². The maximum Gasteiger partial charge on any atom is 0.416 e. The molecule has 0 aliphatic heterocycles. The number of hydrogen-bond acceptors (Lipinski definition) is 4. The van der Waals surface area contributed by atoms with E-state index in [0.717, 1.165) is 12.1 Å². The molecule has 9 heteroatoms. The first kappa shape index (κ1) is 16.6. The van der Waals surface area contributed by atoms with Gasteiger partial charge in [-0.25, -0.2) is 4.68 Å². The minimum Gasteiger partial charge on any atom is -0.324 e. The summed E-state index contributed by atoms with van der Waals surface area (Å²) in [6.07, 6.45) is -3.13. The summed E-state index contributed by atoms with van der Waals surface area (Å²) < 4.78 is 39.1. The Labute approximate surface area is 140 Å². The molecule has 0 bridgehead atoms. The topological polar surface area (TPSA) is 72.7 Å². The van der Waals surface area contributed by atoms with Gasteiger partial charge in [-0.2, -0.15) is 13.2 Å². The van der Waals surface area contributed by atoms with Crippen LogP contribution in [0.15, 0.2) is 60.9 Å². The van der Waals surface area contributed by atoms with Gasteiger partial charge < -0.3 is 5.32 Å². The molecule has 0 aliphatic rings. The number of anilines is 1. The molecule has 0 saturated carbocycles. The summed E-state index contributed by atoms with van der Waals surface area (Å²) in [5.74, 6) is -0.474. The van der Waals surface area contributed by atoms with Crippen molar-refractivity contribution in [3.05, 3.63) is 72.1 Å². The summed E-state index contributed by atoms with van der Waals surface area (Å²) in [6.45, 7) is 0. The lowest BCUT2D eigenvalue weighted by Crippen LogP contribution is -2.27. The lowest BCUT2D eigenvalue weighted by Gasteiger charge is -2.17. The third kappa shape index (κ3) is 3.82. The van der Waals surface area contributed by atoms with Crippen molar-refractivity contribution in [2.75, 3.05) is 5.32 Å². The van der Waals surface area contributed by atoms with Gasteiger partial charge in [0.05, 0.1) is 5.56 Å². The summed E-state index contributed by atoms with van der Waals surface area (Å²) in [7, 11) is 0. The molecule has 6 nitrogen and oxygen atoms in total. The average molecular weight is 347 g/mol. The summed E-state index contributed by atoms with van der Waals surface area (Å²) in [6, 6.07) is 12.2. The molecule has 128 valence electrons. The number of rotatable bonds is 4. The van der Waals surface area contributed by atoms with Gasteiger partial charge in [-0.3, -0.25) is 4.79 Å². The highest BCUT2D eigenvalue weighted by Gasteiger charge is 2.30. The van der Waals surface area contributed by atoms with Crippen LogP contribution in [0.1, 0.15) is 17.2 Å². The predicted molar refractivity (Wildman–Crippen MR) is 82.5 cm³/mol. The molecule has 3 aromatic rings. The molecule has 0 unspecified atom stereocenters. The summed E-state index contributed by atoms with van der Waals surface area (Å²) in [4.78, 5) is 12.6. The van der Waals surface area contributed by atoms with Gasteiger partial charge in [-0.1, -0.05) is 30.3 Å². The van der Waals surface area contributed by atoms with Crippen molar-refractivity contribution in [1.29, 1.82) is 0 Å². The number of tetrazole rings is 1. The Morgan fingerprint density at radius 1 is 1.04 bits per heavy atom. The Bertz CT molecular complexity index is 832. The van der Waals surface area contributed by atoms with E-state index >= 15 is 0 Å². The first-order chi connectivity index (χ1) is 11.9. The number of alkyl halides is 3. The Kier molecular flexibility index (Phi) is 4.46. The zero-order chi connectivity index (χ0) is 17.9. The van der Waals surface area contributed by atoms with Crippen LogP contribution in [0.3, 0.4) is 0 Å². The quantitative estimate of drug-likeness (QED) is 0.788. The molecular weight excluding hydrogens is 335 g/mol. The number of amides is 1. The van der Waals surface area contributed by atoms with Crippen LogP contribution in [0.5, 0.6) is 0 Å². The van der Waals surface area contributed by atoms with Crippen LogP contribution in [-0.4, -0.2) is 26.1 Å². The zero-order valence-electron chi connectivity index (χ0n) is 12.7. The van der Waals surface area contributed by atoms with E-state index < -0.39 is 23.7 Å². The van der Waals surface area contributed by atoms with Crippen LogP contribution >= 0.6 is 0 Å². The zero-order valence-corrected chi connectivity index (χ0v) is 12.7. The average Bonchev–Trinajstić information content (AvgIpc) is 3.10. The van der Waals surface area contributed by atoms with E-state index in [1.807, 2.05) is 0 Å². The molecule has 1 aromatic heterocycles. The van der Waals surface area contributed by atoms with E-state index in [0.29, 0.717) is 5.56 Å². The van der Waals surface area contributed by atoms with Gasteiger partial charge in [0.1, 0.15) is 6.33 Å². The number of hydrogen-bond donors (Lipinski definition) is 1. The molecule has 0 saturated heterocycles. The fourth-order valence-corrected chi connectivity index (χ4v) is 2.30. The second-order valence-electron chi connectivity index (χ2n) is 5.17. The van der Waals surface area contributed by atoms with Crippen LogP contribution in [0.25, 0.3) is 0 Å². The first-order valence-electron chi connectivity index (χ1n) is 7.21. The number of carbonyl (C=O) groups excluding carboxylic acids is 1. The van der Waals surface area contributed by atoms with Crippen molar-refractivity contribution in [2.45, 2.75) is 12.2 Å². The number of carbonyl (C=O) groups is 1. The Hall–Kier alpha value is -3.23. The highest BCUT2D eigenvalue weighted by molar-refractivity contribution is 5.95. The fraction of sp³-hybridized carbons (Fsp3) is 0.125. The van der Waals surface area contributed by atoms with Crippen molar-refractivity contribution in [2.24, 2.45) is 0 Å². The van der Waals surface area contributed by atoms with Crippen molar-refractivity contribution in [3.8, 4) is 0 Å². The molecule has 0 spiro atoms. The predicted octanol–water partition coefficient (Wildman–Crippen LogP) is 2.92. The van der Waals surface area contributed by atoms with Gasteiger partial charge in [0.15, 0.2) is 6.04 Å². The molecular formula is C16H12F3N5O. The van der Waals surface area contributed by atoms with Crippen LogP contribution in [0.4, 0.5) is 18.9 Å². The number of nitrogens with zero attached hydrogens (tertiary/aromatic N) is 4. The van der Waals surface area contributed by atoms with E-state index in [2.05, 4.69) is 20.8 Å². The third-order valence-corrected chi connectivity index (χ3v) is 3.47. The normalized spacial score (nSPS) is 12.6. The lowest BCUT2D eigenvalue weighted by molar-refractivity contribution is -0.137. The molecule has 1 amide bonds. The summed E-state index contributed by atoms with van der Waals surface area (Å²) in [5.41, 5.74) is 0.0943. The maximum atomic E-state index is 12.6. The standard InChI is InChI=1S/C16H12F3N5O/c17-16(18,19)12-6-8-13(9-7-12)21-15(25)14(24-10-20-22-23-24)11-4-2-1-3-5-11/h1-10,14H,(H,21,25)/t14-/m1/s1. The molecule has 1 atom stereocenters. The maximum absolute atomic E-state index is 12.6. The van der Waals surface area contributed by atoms with Gasteiger partial charge >= 0.3 is 6.18 Å². The Balaban J connectivity index is 1.84. The molecule has 25 heavy (non-hydrogen) atoms. The molecule has 3 rings (SSSR count). The molecule has 1 N–H and O–H groups in total. The van der Waals surface area contributed by atoms with Gasteiger partial charge in [-0.15, -0.1) is 5.10 Å². The Morgan fingerprint density at radius 3 is 2.28 bits per heavy atom. The third-order valence-electron chi connectivity index (χ3n) is 3.47. The highest BCUT2D eigenvalue weighted by Crippen LogP contribution is 2.30. The van der Waals surface area contributed by atoms with Gasteiger partial charge in [-0.05, 0) is 40.3 Å². The van der Waals surface area contributed by atoms with Crippen molar-refractivity contribution in [3.63, 3.8) is 0 Å². The summed E-state index contributed by atoms with van der Waals surface area (Å²) in [5, 5.41) is 13.4. The fourth-order valence-electron chi connectivity index (χ4n) is 2.30. The Morgan fingerprint density at radius 2 is 1.72 bits per heavy atom. The monoisotopic (exact) mass is 347 g/mol. The van der Waals surface area contributed by atoms with Crippen LogP contribution in [0.2, 0.25) is 0 Å². The molecule has 0 fully saturated rings. The second-order valence-corrected chi connectivity index (χ2v) is 5.17. The first-order valence-corrected chi connectivity index (χ1v) is 7.21. The minimum absolute atomic E-state index is 0.243. The highest BCUT2D eigenvalue weighted by atomic mass is 19.4. The van der Waals surface area contributed by atoms with E-state index in [-0.39, 0.29) is 5.69 Å². The number of benzene rings is 2. The van der Waals surface area contributed by atoms with Gasteiger partial charge in [0.25, 0.3) is 5.91 Å². The number of halogens is 3. The number of aromatic nitrogens is 4. The largest absolute Gasteiger partial charge is 0.416 e. The van der Waals surface area contributed by atoms with Crippen molar-refractivity contribution >= 4 is 11.6 Å². The van der Waals surface area contributed by atoms with Crippen molar-refractivity contribution in [1.82, 2.24) is 20.2 Å². The van der Waals surface area contributed by atoms with Crippen LogP contribution in [-0.2, 0) is 11.0 Å².